The number of alkyl carbamates (subject to hydrolysis) is 1. The smallest absolute Gasteiger partial charge is 0.407 e. The molecule has 42 heavy (non-hydrogen) atoms. The van der Waals surface area contributed by atoms with Gasteiger partial charge in [0.15, 0.2) is 0 Å². The molecule has 1 fully saturated rings. The molecule has 1 aliphatic rings. The predicted molar refractivity (Wildman–Crippen MR) is 157 cm³/mol. The third kappa shape index (κ3) is 10.8. The van der Waals surface area contributed by atoms with Crippen molar-refractivity contribution < 1.29 is 38.1 Å². The van der Waals surface area contributed by atoms with Gasteiger partial charge in [-0.25, -0.2) is 14.4 Å². The second-order valence-electron chi connectivity index (χ2n) is 12.4. The van der Waals surface area contributed by atoms with Crippen LogP contribution in [0.1, 0.15) is 81.0 Å². The first-order chi connectivity index (χ1) is 19.8. The Balaban J connectivity index is 1.42. The van der Waals surface area contributed by atoms with E-state index < -0.39 is 30.2 Å². The Morgan fingerprint density at radius 3 is 1.81 bits per heavy atom. The minimum absolute atomic E-state index is 0.0246. The Morgan fingerprint density at radius 2 is 1.29 bits per heavy atom. The van der Waals surface area contributed by atoms with Crippen LogP contribution >= 0.6 is 0 Å². The molecular formula is C33H43NO8. The van der Waals surface area contributed by atoms with Crippen LogP contribution in [-0.4, -0.2) is 56.0 Å². The number of carbonyl (C=O) groups is 4. The van der Waals surface area contributed by atoms with Gasteiger partial charge in [0.05, 0.1) is 11.1 Å². The Morgan fingerprint density at radius 1 is 0.786 bits per heavy atom. The third-order valence-corrected chi connectivity index (χ3v) is 7.20. The van der Waals surface area contributed by atoms with E-state index >= 15 is 0 Å². The van der Waals surface area contributed by atoms with Crippen LogP contribution in [0.2, 0.25) is 0 Å². The SMILES string of the molecule is CC(COC(=O)c1ccccc1)OC(=O)CC1CC(C)(C)CC(C)(CNC(=O)OC(C)COC(=O)c2ccccc2)C1. The summed E-state index contributed by atoms with van der Waals surface area (Å²) >= 11 is 0. The molecule has 3 rings (SSSR count). The Labute approximate surface area is 248 Å². The van der Waals surface area contributed by atoms with E-state index in [9.17, 15) is 19.2 Å². The summed E-state index contributed by atoms with van der Waals surface area (Å²) in [5.41, 5.74) is 0.574. The average Bonchev–Trinajstić information content (AvgIpc) is 2.93. The highest BCUT2D eigenvalue weighted by Crippen LogP contribution is 2.49. The van der Waals surface area contributed by atoms with Gasteiger partial charge in [-0.3, -0.25) is 4.79 Å². The van der Waals surface area contributed by atoms with Gasteiger partial charge >= 0.3 is 24.0 Å². The van der Waals surface area contributed by atoms with E-state index in [0.717, 1.165) is 19.3 Å². The normalized spacial score (nSPS) is 20.8. The molecule has 2 aromatic carbocycles. The molecule has 1 saturated carbocycles. The average molecular weight is 582 g/mol. The lowest BCUT2D eigenvalue weighted by molar-refractivity contribution is -0.152. The number of benzene rings is 2. The first-order valence-electron chi connectivity index (χ1n) is 14.4. The van der Waals surface area contributed by atoms with Crippen molar-refractivity contribution in [3.8, 4) is 0 Å². The summed E-state index contributed by atoms with van der Waals surface area (Å²) in [7, 11) is 0. The fourth-order valence-corrected chi connectivity index (χ4v) is 5.92. The van der Waals surface area contributed by atoms with Gasteiger partial charge in [0.2, 0.25) is 0 Å². The van der Waals surface area contributed by atoms with Crippen LogP contribution in [0.5, 0.6) is 0 Å². The maximum atomic E-state index is 12.8. The van der Waals surface area contributed by atoms with Crippen LogP contribution in [0.4, 0.5) is 4.79 Å². The minimum Gasteiger partial charge on any atom is -0.459 e. The molecule has 1 amide bonds. The van der Waals surface area contributed by atoms with Crippen molar-refractivity contribution in [2.75, 3.05) is 19.8 Å². The molecule has 0 spiro atoms. The number of rotatable bonds is 12. The van der Waals surface area contributed by atoms with Crippen LogP contribution in [0.3, 0.4) is 0 Å². The molecule has 9 nitrogen and oxygen atoms in total. The third-order valence-electron chi connectivity index (χ3n) is 7.20. The van der Waals surface area contributed by atoms with Gasteiger partial charge in [0.1, 0.15) is 25.4 Å². The van der Waals surface area contributed by atoms with Crippen molar-refractivity contribution in [3.05, 3.63) is 71.8 Å². The van der Waals surface area contributed by atoms with E-state index in [4.69, 9.17) is 18.9 Å². The van der Waals surface area contributed by atoms with E-state index in [0.29, 0.717) is 17.7 Å². The first kappa shape index (κ1) is 32.6. The topological polar surface area (TPSA) is 117 Å². The Kier molecular flexibility index (Phi) is 11.5. The van der Waals surface area contributed by atoms with Crippen molar-refractivity contribution in [1.29, 1.82) is 0 Å². The maximum Gasteiger partial charge on any atom is 0.407 e. The second-order valence-corrected chi connectivity index (χ2v) is 12.4. The number of esters is 3. The van der Waals surface area contributed by atoms with Crippen LogP contribution in [-0.2, 0) is 23.7 Å². The number of hydrogen-bond donors (Lipinski definition) is 1. The van der Waals surface area contributed by atoms with Gasteiger partial charge in [-0.05, 0) is 74.1 Å². The second kappa shape index (κ2) is 14.8. The molecule has 1 aliphatic carbocycles. The maximum absolute atomic E-state index is 12.8. The van der Waals surface area contributed by atoms with Crippen LogP contribution in [0, 0.1) is 16.7 Å². The highest BCUT2D eigenvalue weighted by Gasteiger charge is 2.42. The minimum atomic E-state index is -0.621. The summed E-state index contributed by atoms with van der Waals surface area (Å²) in [6, 6.07) is 17.3. The van der Waals surface area contributed by atoms with Crippen LogP contribution in [0.25, 0.3) is 0 Å². The van der Waals surface area contributed by atoms with Gasteiger partial charge in [0.25, 0.3) is 0 Å². The number of amides is 1. The van der Waals surface area contributed by atoms with Crippen molar-refractivity contribution in [2.24, 2.45) is 16.7 Å². The first-order valence-corrected chi connectivity index (χ1v) is 14.4. The summed E-state index contributed by atoms with van der Waals surface area (Å²) in [6.07, 6.45) is 0.907. The molecule has 0 aromatic heterocycles. The van der Waals surface area contributed by atoms with E-state index in [2.05, 4.69) is 26.1 Å². The van der Waals surface area contributed by atoms with Crippen molar-refractivity contribution in [3.63, 3.8) is 0 Å². The molecule has 0 heterocycles. The summed E-state index contributed by atoms with van der Waals surface area (Å²) < 4.78 is 21.5. The van der Waals surface area contributed by atoms with Gasteiger partial charge in [0, 0.05) is 13.0 Å². The molecule has 4 atom stereocenters. The lowest BCUT2D eigenvalue weighted by atomic mass is 9.60. The lowest BCUT2D eigenvalue weighted by Gasteiger charge is -2.46. The van der Waals surface area contributed by atoms with Crippen LogP contribution in [0.15, 0.2) is 60.7 Å². The van der Waals surface area contributed by atoms with E-state index in [1.165, 1.54) is 0 Å². The highest BCUT2D eigenvalue weighted by atomic mass is 16.6. The summed E-state index contributed by atoms with van der Waals surface area (Å²) in [5, 5.41) is 2.86. The molecule has 0 saturated heterocycles. The molecule has 4 unspecified atom stereocenters. The molecule has 9 heteroatoms. The zero-order chi connectivity index (χ0) is 30.8. The molecule has 2 aromatic rings. The highest BCUT2D eigenvalue weighted by molar-refractivity contribution is 5.89. The number of carbonyl (C=O) groups excluding carboxylic acids is 4. The predicted octanol–water partition coefficient (Wildman–Crippen LogP) is 5.97. The van der Waals surface area contributed by atoms with E-state index in [1.54, 1.807) is 62.4 Å². The number of hydrogen-bond acceptors (Lipinski definition) is 8. The summed E-state index contributed by atoms with van der Waals surface area (Å²) in [4.78, 5) is 49.5. The van der Waals surface area contributed by atoms with Gasteiger partial charge < -0.3 is 24.3 Å². The summed E-state index contributed by atoms with van der Waals surface area (Å²) in [5.74, 6) is -1.21. The zero-order valence-electron chi connectivity index (χ0n) is 25.2. The Bertz CT molecular complexity index is 1200. The largest absolute Gasteiger partial charge is 0.459 e. The molecular weight excluding hydrogens is 538 g/mol. The van der Waals surface area contributed by atoms with E-state index in [1.807, 2.05) is 12.1 Å². The van der Waals surface area contributed by atoms with Gasteiger partial charge in [-0.1, -0.05) is 57.2 Å². The van der Waals surface area contributed by atoms with Crippen LogP contribution < -0.4 is 5.32 Å². The number of ether oxygens (including phenoxy) is 4. The Hall–Kier alpha value is -3.88. The fraction of sp³-hybridized carbons (Fsp3) is 0.515. The standard InChI is InChI=1S/C33H43NO8/c1-23(19-39-29(36)26-12-8-6-9-13-26)41-28(35)16-25-17-32(3,4)21-33(5,18-25)22-34-31(38)42-24(2)20-40-30(37)27-14-10-7-11-15-27/h6-15,23-25H,16-22H2,1-5H3,(H,34,38). The van der Waals surface area contributed by atoms with Gasteiger partial charge in [-0.2, -0.15) is 0 Å². The summed E-state index contributed by atoms with van der Waals surface area (Å²) in [6.45, 7) is 10.1. The van der Waals surface area contributed by atoms with E-state index in [-0.39, 0.29) is 42.4 Å². The molecule has 1 N–H and O–H groups in total. The molecule has 0 bridgehead atoms. The lowest BCUT2D eigenvalue weighted by Crippen LogP contribution is -2.44. The monoisotopic (exact) mass is 581 g/mol. The fourth-order valence-electron chi connectivity index (χ4n) is 5.92. The zero-order valence-corrected chi connectivity index (χ0v) is 25.2. The quantitative estimate of drug-likeness (QED) is 0.241. The van der Waals surface area contributed by atoms with Gasteiger partial charge in [-0.15, -0.1) is 0 Å². The van der Waals surface area contributed by atoms with Crippen molar-refractivity contribution in [1.82, 2.24) is 5.32 Å². The molecule has 0 radical (unpaired) electrons. The molecule has 0 aliphatic heterocycles. The molecule has 228 valence electrons. The van der Waals surface area contributed by atoms with Crippen molar-refractivity contribution >= 4 is 24.0 Å². The van der Waals surface area contributed by atoms with Crippen molar-refractivity contribution in [2.45, 2.75) is 72.5 Å². The number of nitrogens with one attached hydrogen (secondary N) is 1.